The number of benzene rings is 2. The molecule has 1 amide bonds. The minimum atomic E-state index is -0.689. The molecule has 0 aliphatic carbocycles. The number of phenols is 1. The van der Waals surface area contributed by atoms with Gasteiger partial charge in [-0.15, -0.1) is 0 Å². The van der Waals surface area contributed by atoms with Crippen LogP contribution in [-0.2, 0) is 4.79 Å². The van der Waals surface area contributed by atoms with Crippen LogP contribution >= 0.6 is 35.6 Å². The van der Waals surface area contributed by atoms with Crippen molar-refractivity contribution in [3.8, 4) is 5.75 Å². The molecule has 0 spiro atoms. The van der Waals surface area contributed by atoms with Crippen LogP contribution in [-0.4, -0.2) is 20.3 Å². The number of hydrogen-bond donors (Lipinski definition) is 1. The second kappa shape index (κ2) is 6.83. The minimum absolute atomic E-state index is 0.326. The lowest BCUT2D eigenvalue weighted by Gasteiger charge is -2.14. The smallest absolute Gasteiger partial charge is 0.311 e. The predicted molar refractivity (Wildman–Crippen MR) is 102 cm³/mol. The Labute approximate surface area is 156 Å². The van der Waals surface area contributed by atoms with E-state index in [0.29, 0.717) is 25.5 Å². The quantitative estimate of drug-likeness (QED) is 0.361. The molecule has 0 saturated carbocycles. The van der Waals surface area contributed by atoms with Gasteiger partial charge in [-0.1, -0.05) is 41.6 Å². The molecule has 1 aliphatic rings. The van der Waals surface area contributed by atoms with Gasteiger partial charge in [-0.05, 0) is 42.0 Å². The second-order valence-electron chi connectivity index (χ2n) is 5.00. The van der Waals surface area contributed by atoms with Crippen molar-refractivity contribution in [2.45, 2.75) is 0 Å². The zero-order valence-electron chi connectivity index (χ0n) is 12.4. The molecule has 1 aliphatic heterocycles. The average molecular weight is 393 g/mol. The molecule has 1 fully saturated rings. The Morgan fingerprint density at radius 2 is 1.92 bits per heavy atom. The van der Waals surface area contributed by atoms with E-state index in [4.69, 9.17) is 23.8 Å². The number of hydrogen-bond acceptors (Lipinski definition) is 6. The molecule has 3 rings (SSSR count). The average Bonchev–Trinajstić information content (AvgIpc) is 2.84. The van der Waals surface area contributed by atoms with E-state index in [9.17, 15) is 20.0 Å². The van der Waals surface area contributed by atoms with Gasteiger partial charge in [0.2, 0.25) is 0 Å². The van der Waals surface area contributed by atoms with Crippen molar-refractivity contribution in [2.75, 3.05) is 4.90 Å². The number of nitro groups is 1. The van der Waals surface area contributed by atoms with Crippen LogP contribution in [0.1, 0.15) is 5.56 Å². The van der Waals surface area contributed by atoms with Gasteiger partial charge in [0.1, 0.15) is 0 Å². The van der Waals surface area contributed by atoms with Gasteiger partial charge in [-0.25, -0.2) is 0 Å². The summed E-state index contributed by atoms with van der Waals surface area (Å²) in [6, 6.07) is 10.6. The number of halogens is 1. The van der Waals surface area contributed by atoms with Crippen molar-refractivity contribution >= 4 is 63.3 Å². The Kier molecular flexibility index (Phi) is 4.76. The summed E-state index contributed by atoms with van der Waals surface area (Å²) in [6.45, 7) is 0. The molecule has 0 bridgehead atoms. The third kappa shape index (κ3) is 3.51. The molecule has 0 radical (unpaired) electrons. The van der Waals surface area contributed by atoms with Crippen molar-refractivity contribution in [3.05, 3.63) is 68.1 Å². The van der Waals surface area contributed by atoms with Gasteiger partial charge in [-0.3, -0.25) is 19.8 Å². The lowest BCUT2D eigenvalue weighted by atomic mass is 10.1. The summed E-state index contributed by atoms with van der Waals surface area (Å²) in [5, 5.41) is 20.9. The topological polar surface area (TPSA) is 83.7 Å². The summed E-state index contributed by atoms with van der Waals surface area (Å²) < 4.78 is 0.354. The highest BCUT2D eigenvalue weighted by Crippen LogP contribution is 2.37. The Hall–Kier alpha value is -2.42. The first-order chi connectivity index (χ1) is 11.9. The number of amides is 1. The number of nitro benzene ring substituents is 1. The summed E-state index contributed by atoms with van der Waals surface area (Å²) in [5.74, 6) is -0.760. The number of thioether (sulfide) groups is 1. The third-order valence-electron chi connectivity index (χ3n) is 3.37. The number of rotatable bonds is 3. The largest absolute Gasteiger partial charge is 0.502 e. The van der Waals surface area contributed by atoms with Gasteiger partial charge in [0.25, 0.3) is 5.91 Å². The van der Waals surface area contributed by atoms with Crippen LogP contribution in [0.15, 0.2) is 47.4 Å². The summed E-state index contributed by atoms with van der Waals surface area (Å²) in [7, 11) is 0. The van der Waals surface area contributed by atoms with E-state index < -0.39 is 16.4 Å². The Balaban J connectivity index is 1.94. The van der Waals surface area contributed by atoms with E-state index in [0.717, 1.165) is 11.8 Å². The van der Waals surface area contributed by atoms with Gasteiger partial charge in [0, 0.05) is 11.1 Å². The summed E-state index contributed by atoms with van der Waals surface area (Å²) in [4.78, 5) is 24.5. The lowest BCUT2D eigenvalue weighted by molar-refractivity contribution is -0.385. The standard InChI is InChI=1S/C16H9ClN2O4S2/c17-10-2-4-11(5-3-10)18-15(21)14(25-16(18)24)8-9-1-6-13(20)12(7-9)19(22)23/h1-8,20H/b14-8-. The van der Waals surface area contributed by atoms with E-state index in [1.54, 1.807) is 24.3 Å². The molecule has 2 aromatic rings. The van der Waals surface area contributed by atoms with Crippen molar-refractivity contribution in [3.63, 3.8) is 0 Å². The summed E-state index contributed by atoms with van der Waals surface area (Å²) >= 11 is 12.2. The summed E-state index contributed by atoms with van der Waals surface area (Å²) in [6.07, 6.45) is 1.50. The van der Waals surface area contributed by atoms with Crippen LogP contribution in [0.2, 0.25) is 5.02 Å². The number of carbonyl (C=O) groups is 1. The van der Waals surface area contributed by atoms with E-state index in [1.807, 2.05) is 0 Å². The molecule has 9 heteroatoms. The molecular weight excluding hydrogens is 384 g/mol. The Bertz CT molecular complexity index is 928. The molecule has 1 heterocycles. The number of anilines is 1. The molecular formula is C16H9ClN2O4S2. The van der Waals surface area contributed by atoms with Crippen LogP contribution in [0.4, 0.5) is 11.4 Å². The number of aromatic hydroxyl groups is 1. The van der Waals surface area contributed by atoms with E-state index >= 15 is 0 Å². The molecule has 0 aromatic heterocycles. The van der Waals surface area contributed by atoms with Gasteiger partial charge in [0.15, 0.2) is 10.1 Å². The SMILES string of the molecule is O=C1/C(=C/c2ccc(O)c([N+](=O)[O-])c2)SC(=S)N1c1ccc(Cl)cc1. The van der Waals surface area contributed by atoms with Crippen molar-refractivity contribution < 1.29 is 14.8 Å². The van der Waals surface area contributed by atoms with Crippen molar-refractivity contribution in [2.24, 2.45) is 0 Å². The number of carbonyl (C=O) groups excluding carboxylic acids is 1. The fourth-order valence-corrected chi connectivity index (χ4v) is 3.63. The zero-order valence-corrected chi connectivity index (χ0v) is 14.8. The normalized spacial score (nSPS) is 15.9. The second-order valence-corrected chi connectivity index (χ2v) is 7.11. The zero-order chi connectivity index (χ0) is 18.1. The van der Waals surface area contributed by atoms with Crippen molar-refractivity contribution in [1.82, 2.24) is 0 Å². The van der Waals surface area contributed by atoms with Crippen LogP contribution in [0, 0.1) is 10.1 Å². The number of phenolic OH excluding ortho intramolecular Hbond substituents is 1. The number of thiocarbonyl (C=S) groups is 1. The maximum Gasteiger partial charge on any atom is 0.311 e. The predicted octanol–water partition coefficient (Wildman–Crippen LogP) is 4.36. The molecule has 0 unspecified atom stereocenters. The van der Waals surface area contributed by atoms with E-state index in [-0.39, 0.29) is 5.91 Å². The molecule has 2 aromatic carbocycles. The Morgan fingerprint density at radius 3 is 2.56 bits per heavy atom. The first kappa shape index (κ1) is 17.4. The Morgan fingerprint density at radius 1 is 1.24 bits per heavy atom. The van der Waals surface area contributed by atoms with Crippen LogP contribution in [0.5, 0.6) is 5.75 Å². The maximum absolute atomic E-state index is 12.6. The van der Waals surface area contributed by atoms with Crippen molar-refractivity contribution in [1.29, 1.82) is 0 Å². The molecule has 1 N–H and O–H groups in total. The van der Waals surface area contributed by atoms with Gasteiger partial charge in [0.05, 0.1) is 15.5 Å². The molecule has 1 saturated heterocycles. The maximum atomic E-state index is 12.6. The molecule has 0 atom stereocenters. The van der Waals surface area contributed by atoms with Gasteiger partial charge < -0.3 is 5.11 Å². The molecule has 126 valence electrons. The monoisotopic (exact) mass is 392 g/mol. The third-order valence-corrected chi connectivity index (χ3v) is 4.93. The highest BCUT2D eigenvalue weighted by molar-refractivity contribution is 8.27. The van der Waals surface area contributed by atoms with Crippen LogP contribution in [0.3, 0.4) is 0 Å². The van der Waals surface area contributed by atoms with Crippen LogP contribution < -0.4 is 4.90 Å². The van der Waals surface area contributed by atoms with Crippen LogP contribution in [0.25, 0.3) is 6.08 Å². The number of nitrogens with zero attached hydrogens (tertiary/aromatic N) is 2. The fraction of sp³-hybridized carbons (Fsp3) is 0. The summed E-state index contributed by atoms with van der Waals surface area (Å²) in [5.41, 5.74) is 0.579. The lowest BCUT2D eigenvalue weighted by Crippen LogP contribution is -2.27. The van der Waals surface area contributed by atoms with Gasteiger partial charge in [-0.2, -0.15) is 0 Å². The minimum Gasteiger partial charge on any atom is -0.502 e. The molecule has 6 nitrogen and oxygen atoms in total. The highest BCUT2D eigenvalue weighted by Gasteiger charge is 2.33. The fourth-order valence-electron chi connectivity index (χ4n) is 2.21. The molecule has 25 heavy (non-hydrogen) atoms. The first-order valence-corrected chi connectivity index (χ1v) is 8.48. The van der Waals surface area contributed by atoms with E-state index in [1.165, 1.54) is 29.2 Å². The highest BCUT2D eigenvalue weighted by atomic mass is 35.5. The first-order valence-electron chi connectivity index (χ1n) is 6.88. The van der Waals surface area contributed by atoms with Gasteiger partial charge >= 0.3 is 5.69 Å². The van der Waals surface area contributed by atoms with E-state index in [2.05, 4.69) is 0 Å².